The topological polar surface area (TPSA) is 65.0 Å². The fourth-order valence-corrected chi connectivity index (χ4v) is 3.79. The Morgan fingerprint density at radius 1 is 1.19 bits per heavy atom. The quantitative estimate of drug-likeness (QED) is 0.238. The van der Waals surface area contributed by atoms with Crippen LogP contribution in [0.5, 0.6) is 0 Å². The largest absolute Gasteiger partial charge is 0.460 e. The van der Waals surface area contributed by atoms with E-state index in [4.69, 9.17) is 14.5 Å². The molecule has 1 aromatic carbocycles. The van der Waals surface area contributed by atoms with Gasteiger partial charge in [0.1, 0.15) is 11.9 Å². The van der Waals surface area contributed by atoms with Gasteiger partial charge in [-0.2, -0.15) is 4.89 Å². The van der Waals surface area contributed by atoms with E-state index in [0.29, 0.717) is 12.8 Å². The number of rotatable bonds is 11. The van der Waals surface area contributed by atoms with Crippen LogP contribution in [-0.2, 0) is 25.7 Å². The monoisotopic (exact) mass is 424 g/mol. The summed E-state index contributed by atoms with van der Waals surface area (Å²) in [5.41, 5.74) is 1.23. The van der Waals surface area contributed by atoms with Gasteiger partial charge in [-0.15, -0.1) is 0 Å². The summed E-state index contributed by atoms with van der Waals surface area (Å²) in [5, 5.41) is 10.4. The van der Waals surface area contributed by atoms with Crippen LogP contribution in [0.1, 0.15) is 38.7 Å². The van der Waals surface area contributed by atoms with Crippen molar-refractivity contribution in [3.05, 3.63) is 84.2 Å². The number of aryl methyl sites for hydroxylation is 1. The van der Waals surface area contributed by atoms with Crippen molar-refractivity contribution in [2.45, 2.75) is 57.8 Å². The van der Waals surface area contributed by atoms with Gasteiger partial charge < -0.3 is 14.7 Å². The number of carbonyl (C=O) groups excluding carboxylic acids is 1. The van der Waals surface area contributed by atoms with E-state index in [1.165, 1.54) is 11.6 Å². The lowest BCUT2D eigenvalue weighted by Gasteiger charge is -2.26. The lowest BCUT2D eigenvalue weighted by atomic mass is 9.88. The molecule has 0 unspecified atom stereocenters. The Morgan fingerprint density at radius 3 is 2.77 bits per heavy atom. The molecule has 2 bridgehead atoms. The van der Waals surface area contributed by atoms with Crippen molar-refractivity contribution in [1.29, 1.82) is 0 Å². The van der Waals surface area contributed by atoms with Gasteiger partial charge in [0.2, 0.25) is 0 Å². The van der Waals surface area contributed by atoms with Gasteiger partial charge in [-0.05, 0) is 51.2 Å². The van der Waals surface area contributed by atoms with Gasteiger partial charge >= 0.3 is 5.97 Å². The van der Waals surface area contributed by atoms with Crippen molar-refractivity contribution < 1.29 is 24.4 Å². The van der Waals surface area contributed by atoms with E-state index < -0.39 is 6.10 Å². The van der Waals surface area contributed by atoms with Crippen LogP contribution >= 0.6 is 0 Å². The maximum Gasteiger partial charge on any atom is 0.330 e. The number of hydrogen-bond acceptors (Lipinski definition) is 5. The number of benzene rings is 1. The van der Waals surface area contributed by atoms with E-state index in [9.17, 15) is 9.90 Å². The Labute approximate surface area is 184 Å². The van der Waals surface area contributed by atoms with E-state index in [1.54, 1.807) is 6.08 Å². The van der Waals surface area contributed by atoms with Crippen LogP contribution in [0.25, 0.3) is 0 Å². The van der Waals surface area contributed by atoms with Crippen LogP contribution < -0.4 is 0 Å². The normalized spacial score (nSPS) is 23.7. The molecule has 1 aliphatic heterocycles. The van der Waals surface area contributed by atoms with E-state index >= 15 is 0 Å². The molecule has 5 heteroatoms. The van der Waals surface area contributed by atoms with Crippen molar-refractivity contribution in [2.75, 3.05) is 0 Å². The number of aliphatic hydroxyl groups is 1. The van der Waals surface area contributed by atoms with E-state index in [0.717, 1.165) is 18.6 Å². The molecule has 0 radical (unpaired) electrons. The smallest absolute Gasteiger partial charge is 0.330 e. The summed E-state index contributed by atoms with van der Waals surface area (Å²) in [6.07, 6.45) is 15.7. The maximum atomic E-state index is 11.5. The molecular weight excluding hydrogens is 392 g/mol. The van der Waals surface area contributed by atoms with Crippen molar-refractivity contribution in [3.8, 4) is 0 Å². The average molecular weight is 425 g/mol. The molecule has 2 aliphatic rings. The fourth-order valence-electron chi connectivity index (χ4n) is 3.79. The lowest BCUT2D eigenvalue weighted by Crippen LogP contribution is -2.26. The molecule has 0 spiro atoms. The Morgan fingerprint density at radius 2 is 2.00 bits per heavy atom. The zero-order valence-electron chi connectivity index (χ0n) is 18.2. The SMILES string of the molecule is CC(C)OC(=O)/C=C/C/C=C\C[C@H]1C2=C[C@@H](OO2)[C@@H]1/C=C/[C@@H](O)CCc1ccccc1. The van der Waals surface area contributed by atoms with Crippen LogP contribution in [0.2, 0.25) is 0 Å². The standard InChI is InChI=1S/C26H32O5/c1-19(2)29-26(28)13-9-4-3-8-12-22-23(25-18-24(22)30-31-25)17-16-21(27)15-14-20-10-6-5-7-11-20/h3,5-11,13,16-19,21-23,25,27H,4,12,14-15H2,1-2H3/b8-3-,13-9+,17-16+/t21-,22+,23+,25+/m0/s1. The summed E-state index contributed by atoms with van der Waals surface area (Å²) >= 11 is 0. The number of fused-ring (bicyclic) bond motifs is 1. The summed E-state index contributed by atoms with van der Waals surface area (Å²) in [6, 6.07) is 10.2. The van der Waals surface area contributed by atoms with E-state index in [2.05, 4.69) is 24.3 Å². The minimum atomic E-state index is -0.489. The molecule has 0 amide bonds. The molecule has 31 heavy (non-hydrogen) atoms. The molecule has 1 aromatic rings. The Balaban J connectivity index is 1.45. The number of carbonyl (C=O) groups is 1. The predicted octanol–water partition coefficient (Wildman–Crippen LogP) is 4.84. The Bertz CT molecular complexity index is 821. The first-order chi connectivity index (χ1) is 15.0. The van der Waals surface area contributed by atoms with Crippen LogP contribution in [0.15, 0.2) is 78.6 Å². The molecular formula is C26H32O5. The van der Waals surface area contributed by atoms with Crippen molar-refractivity contribution in [1.82, 2.24) is 0 Å². The van der Waals surface area contributed by atoms with Crippen LogP contribution in [0, 0.1) is 11.8 Å². The summed E-state index contributed by atoms with van der Waals surface area (Å²) in [6.45, 7) is 3.66. The number of allylic oxidation sites excluding steroid dienone is 4. The van der Waals surface area contributed by atoms with Gasteiger partial charge in [-0.25, -0.2) is 4.79 Å². The van der Waals surface area contributed by atoms with Gasteiger partial charge in [0.15, 0.2) is 0 Å². The van der Waals surface area contributed by atoms with Crippen molar-refractivity contribution in [3.63, 3.8) is 0 Å². The second-order valence-corrected chi connectivity index (χ2v) is 8.20. The van der Waals surface area contributed by atoms with Gasteiger partial charge in [0.25, 0.3) is 0 Å². The summed E-state index contributed by atoms with van der Waals surface area (Å²) in [7, 11) is 0. The highest BCUT2D eigenvalue weighted by atomic mass is 17.2. The lowest BCUT2D eigenvalue weighted by molar-refractivity contribution is -0.298. The predicted molar refractivity (Wildman–Crippen MR) is 120 cm³/mol. The first-order valence-electron chi connectivity index (χ1n) is 11.0. The first-order valence-corrected chi connectivity index (χ1v) is 11.0. The van der Waals surface area contributed by atoms with Gasteiger partial charge in [0, 0.05) is 17.9 Å². The van der Waals surface area contributed by atoms with Crippen molar-refractivity contribution in [2.24, 2.45) is 11.8 Å². The molecule has 4 atom stereocenters. The molecule has 1 N–H and O–H groups in total. The molecule has 0 aromatic heterocycles. The van der Waals surface area contributed by atoms with Gasteiger partial charge in [0.05, 0.1) is 12.2 Å². The second kappa shape index (κ2) is 11.7. The van der Waals surface area contributed by atoms with E-state index in [1.807, 2.05) is 50.3 Å². The highest BCUT2D eigenvalue weighted by Gasteiger charge is 2.43. The minimum Gasteiger partial charge on any atom is -0.460 e. The zero-order chi connectivity index (χ0) is 22.1. The van der Waals surface area contributed by atoms with Crippen LogP contribution in [0.3, 0.4) is 0 Å². The first kappa shape index (κ1) is 23.0. The zero-order valence-corrected chi connectivity index (χ0v) is 18.2. The Hall–Kier alpha value is -2.63. The number of hydrogen-bond donors (Lipinski definition) is 1. The average Bonchev–Trinajstić information content (AvgIpc) is 3.35. The number of esters is 1. The molecule has 5 nitrogen and oxygen atoms in total. The minimum absolute atomic E-state index is 0.100. The van der Waals surface area contributed by atoms with Gasteiger partial charge in [-0.1, -0.05) is 60.7 Å². The fraction of sp³-hybridized carbons (Fsp3) is 0.423. The molecule has 0 saturated carbocycles. The van der Waals surface area contributed by atoms with E-state index in [-0.39, 0.29) is 30.0 Å². The van der Waals surface area contributed by atoms with Crippen molar-refractivity contribution >= 4 is 5.97 Å². The maximum absolute atomic E-state index is 11.5. The molecule has 1 heterocycles. The highest BCUT2D eigenvalue weighted by Crippen LogP contribution is 2.43. The summed E-state index contributed by atoms with van der Waals surface area (Å²) < 4.78 is 5.06. The molecule has 0 fully saturated rings. The third kappa shape index (κ3) is 7.23. The third-order valence-corrected chi connectivity index (χ3v) is 5.36. The third-order valence-electron chi connectivity index (χ3n) is 5.36. The summed E-state index contributed by atoms with van der Waals surface area (Å²) in [5.74, 6) is 0.890. The Kier molecular flexibility index (Phi) is 8.68. The van der Waals surface area contributed by atoms with Crippen LogP contribution in [-0.4, -0.2) is 29.4 Å². The molecule has 166 valence electrons. The molecule has 0 saturated heterocycles. The van der Waals surface area contributed by atoms with Gasteiger partial charge in [-0.3, -0.25) is 0 Å². The summed E-state index contributed by atoms with van der Waals surface area (Å²) in [4.78, 5) is 22.1. The highest BCUT2D eigenvalue weighted by molar-refractivity contribution is 5.82. The van der Waals surface area contributed by atoms with Crippen LogP contribution in [0.4, 0.5) is 0 Å². The molecule has 1 aliphatic carbocycles. The number of aliphatic hydroxyl groups excluding tert-OH is 1. The number of ether oxygens (including phenoxy) is 1. The second-order valence-electron chi connectivity index (χ2n) is 8.20. The molecule has 3 rings (SSSR count).